The first kappa shape index (κ1) is 23.1. The molecule has 2 rings (SSSR count). The van der Waals surface area contributed by atoms with Crippen LogP contribution in [0.25, 0.3) is 0 Å². The van der Waals surface area contributed by atoms with E-state index in [0.717, 1.165) is 30.4 Å². The highest BCUT2D eigenvalue weighted by molar-refractivity contribution is 7.89. The molecule has 2 amide bonds. The minimum absolute atomic E-state index is 0.0968. The molecule has 0 saturated heterocycles. The number of unbranched alkanes of at least 4 members (excludes halogenated alkanes) is 3. The highest BCUT2D eigenvalue weighted by atomic mass is 35.5. The minimum atomic E-state index is -3.30. The summed E-state index contributed by atoms with van der Waals surface area (Å²) in [4.78, 5) is 15.7. The van der Waals surface area contributed by atoms with Gasteiger partial charge in [-0.15, -0.1) is 0 Å². The molecule has 0 spiro atoms. The lowest BCUT2D eigenvalue weighted by atomic mass is 10.2. The standard InChI is InChI=1S/C20H27ClN4O3S/c21-19-9-7-17(8-10-19)16-25-29(27,28)13-4-2-1-3-12-23-20(26)24-15-18-6-5-11-22-14-18/h5-11,14,25H,1-4,12-13,15-16H2,(H2,23,24,26). The van der Waals surface area contributed by atoms with Gasteiger partial charge in [-0.3, -0.25) is 4.98 Å². The van der Waals surface area contributed by atoms with E-state index in [-0.39, 0.29) is 18.3 Å². The van der Waals surface area contributed by atoms with Crippen molar-refractivity contribution < 1.29 is 13.2 Å². The van der Waals surface area contributed by atoms with E-state index in [1.807, 2.05) is 12.1 Å². The third-order valence-electron chi connectivity index (χ3n) is 4.21. The van der Waals surface area contributed by atoms with E-state index < -0.39 is 10.0 Å². The molecule has 0 bridgehead atoms. The molecule has 0 saturated carbocycles. The molecule has 0 aliphatic rings. The minimum Gasteiger partial charge on any atom is -0.338 e. The number of benzene rings is 1. The fourth-order valence-corrected chi connectivity index (χ4v) is 3.83. The number of sulfonamides is 1. The molecule has 0 aliphatic carbocycles. The number of nitrogens with zero attached hydrogens (tertiary/aromatic N) is 1. The fraction of sp³-hybridized carbons (Fsp3) is 0.400. The molecule has 158 valence electrons. The molecule has 0 radical (unpaired) electrons. The Bertz CT molecular complexity index is 846. The van der Waals surface area contributed by atoms with E-state index in [9.17, 15) is 13.2 Å². The lowest BCUT2D eigenvalue weighted by molar-refractivity contribution is 0.240. The Morgan fingerprint density at radius 3 is 2.41 bits per heavy atom. The summed E-state index contributed by atoms with van der Waals surface area (Å²) in [5.41, 5.74) is 1.80. The molecule has 3 N–H and O–H groups in total. The van der Waals surface area contributed by atoms with Gasteiger partial charge in [-0.05, 0) is 42.2 Å². The van der Waals surface area contributed by atoms with Crippen molar-refractivity contribution in [3.8, 4) is 0 Å². The van der Waals surface area contributed by atoms with Crippen LogP contribution in [0.4, 0.5) is 4.79 Å². The number of halogens is 1. The van der Waals surface area contributed by atoms with Gasteiger partial charge in [0.15, 0.2) is 0 Å². The Morgan fingerprint density at radius 2 is 1.69 bits per heavy atom. The third-order valence-corrected chi connectivity index (χ3v) is 5.87. The zero-order valence-corrected chi connectivity index (χ0v) is 17.8. The van der Waals surface area contributed by atoms with E-state index in [2.05, 4.69) is 20.3 Å². The third kappa shape index (κ3) is 10.3. The number of amides is 2. The maximum atomic E-state index is 12.0. The number of nitrogens with one attached hydrogen (secondary N) is 3. The van der Waals surface area contributed by atoms with Gasteiger partial charge < -0.3 is 10.6 Å². The number of hydrogen-bond acceptors (Lipinski definition) is 4. The first-order chi connectivity index (χ1) is 13.9. The van der Waals surface area contributed by atoms with Crippen LogP contribution in [0.5, 0.6) is 0 Å². The average Bonchev–Trinajstić information content (AvgIpc) is 2.72. The van der Waals surface area contributed by atoms with Gasteiger partial charge in [0.25, 0.3) is 0 Å². The van der Waals surface area contributed by atoms with Crippen LogP contribution in [-0.2, 0) is 23.1 Å². The van der Waals surface area contributed by atoms with Gasteiger partial charge in [0.05, 0.1) is 5.75 Å². The van der Waals surface area contributed by atoms with Crippen LogP contribution < -0.4 is 15.4 Å². The molecule has 1 heterocycles. The van der Waals surface area contributed by atoms with Gasteiger partial charge in [0.2, 0.25) is 10.0 Å². The first-order valence-electron chi connectivity index (χ1n) is 9.57. The summed E-state index contributed by atoms with van der Waals surface area (Å²) in [6, 6.07) is 10.6. The summed E-state index contributed by atoms with van der Waals surface area (Å²) in [6.07, 6.45) is 6.43. The van der Waals surface area contributed by atoms with E-state index in [1.165, 1.54) is 0 Å². The van der Waals surface area contributed by atoms with Gasteiger partial charge in [0, 0.05) is 37.1 Å². The van der Waals surface area contributed by atoms with Crippen molar-refractivity contribution in [1.29, 1.82) is 0 Å². The zero-order chi connectivity index (χ0) is 21.0. The van der Waals surface area contributed by atoms with Gasteiger partial charge >= 0.3 is 6.03 Å². The Labute approximate surface area is 177 Å². The SMILES string of the molecule is O=C(NCCCCCCS(=O)(=O)NCc1ccc(Cl)cc1)NCc1cccnc1. The summed E-state index contributed by atoms with van der Waals surface area (Å²) in [7, 11) is -3.30. The number of carbonyl (C=O) groups is 1. The van der Waals surface area contributed by atoms with Gasteiger partial charge in [-0.25, -0.2) is 17.9 Å². The summed E-state index contributed by atoms with van der Waals surface area (Å²) in [5, 5.41) is 6.18. The Kier molecular flexibility index (Phi) is 9.90. The number of urea groups is 1. The second-order valence-electron chi connectivity index (χ2n) is 6.65. The highest BCUT2D eigenvalue weighted by Gasteiger charge is 2.09. The van der Waals surface area contributed by atoms with Crippen LogP contribution in [0, 0.1) is 0 Å². The van der Waals surface area contributed by atoms with Crippen LogP contribution in [0.2, 0.25) is 5.02 Å². The fourth-order valence-electron chi connectivity index (χ4n) is 2.59. The molecule has 2 aromatic rings. The smallest absolute Gasteiger partial charge is 0.315 e. The second-order valence-corrected chi connectivity index (χ2v) is 9.01. The molecule has 0 atom stereocenters. The van der Waals surface area contributed by atoms with Crippen molar-refractivity contribution in [2.75, 3.05) is 12.3 Å². The first-order valence-corrected chi connectivity index (χ1v) is 11.6. The van der Waals surface area contributed by atoms with Crippen LogP contribution in [-0.4, -0.2) is 31.7 Å². The molecule has 1 aromatic heterocycles. The number of rotatable bonds is 12. The van der Waals surface area contributed by atoms with Crippen molar-refractivity contribution in [3.63, 3.8) is 0 Å². The number of aromatic nitrogens is 1. The lowest BCUT2D eigenvalue weighted by Crippen LogP contribution is -2.35. The Hall–Kier alpha value is -2.16. The Morgan fingerprint density at radius 1 is 0.931 bits per heavy atom. The molecule has 7 nitrogen and oxygen atoms in total. The Balaban J connectivity index is 1.49. The van der Waals surface area contributed by atoms with Crippen molar-refractivity contribution in [3.05, 3.63) is 64.9 Å². The van der Waals surface area contributed by atoms with Gasteiger partial charge in [-0.2, -0.15) is 0 Å². The monoisotopic (exact) mass is 438 g/mol. The van der Waals surface area contributed by atoms with E-state index in [4.69, 9.17) is 11.6 Å². The summed E-state index contributed by atoms with van der Waals surface area (Å²) in [6.45, 7) is 1.25. The maximum absolute atomic E-state index is 12.0. The predicted octanol–water partition coefficient (Wildman–Crippen LogP) is 3.21. The molecule has 0 unspecified atom stereocenters. The van der Waals surface area contributed by atoms with Crippen molar-refractivity contribution in [2.45, 2.75) is 38.8 Å². The van der Waals surface area contributed by atoms with Crippen LogP contribution in [0.3, 0.4) is 0 Å². The largest absolute Gasteiger partial charge is 0.338 e. The van der Waals surface area contributed by atoms with E-state index in [0.29, 0.717) is 24.5 Å². The van der Waals surface area contributed by atoms with Crippen LogP contribution >= 0.6 is 11.6 Å². The van der Waals surface area contributed by atoms with Crippen LogP contribution in [0.15, 0.2) is 48.8 Å². The maximum Gasteiger partial charge on any atom is 0.315 e. The molecular weight excluding hydrogens is 412 g/mol. The van der Waals surface area contributed by atoms with Crippen molar-refractivity contribution in [1.82, 2.24) is 20.3 Å². The quantitative estimate of drug-likeness (QED) is 0.443. The summed E-state index contributed by atoms with van der Waals surface area (Å²) < 4.78 is 26.7. The van der Waals surface area contributed by atoms with E-state index >= 15 is 0 Å². The zero-order valence-electron chi connectivity index (χ0n) is 16.2. The topological polar surface area (TPSA) is 100 Å². The van der Waals surface area contributed by atoms with Crippen molar-refractivity contribution >= 4 is 27.7 Å². The lowest BCUT2D eigenvalue weighted by Gasteiger charge is -2.08. The number of pyridine rings is 1. The number of carbonyl (C=O) groups excluding carboxylic acids is 1. The highest BCUT2D eigenvalue weighted by Crippen LogP contribution is 2.10. The number of hydrogen-bond donors (Lipinski definition) is 3. The predicted molar refractivity (Wildman–Crippen MR) is 115 cm³/mol. The summed E-state index contributed by atoms with van der Waals surface area (Å²) in [5.74, 6) is 0.0968. The summed E-state index contributed by atoms with van der Waals surface area (Å²) >= 11 is 5.81. The molecular formula is C20H27ClN4O3S. The normalized spacial score (nSPS) is 11.2. The van der Waals surface area contributed by atoms with Crippen molar-refractivity contribution in [2.24, 2.45) is 0 Å². The molecule has 0 fully saturated rings. The van der Waals surface area contributed by atoms with Gasteiger partial charge in [0.1, 0.15) is 0 Å². The van der Waals surface area contributed by atoms with Crippen LogP contribution in [0.1, 0.15) is 36.8 Å². The molecule has 0 aliphatic heterocycles. The average molecular weight is 439 g/mol. The van der Waals surface area contributed by atoms with E-state index in [1.54, 1.807) is 36.7 Å². The van der Waals surface area contributed by atoms with Gasteiger partial charge in [-0.1, -0.05) is 42.6 Å². The molecule has 29 heavy (non-hydrogen) atoms. The molecule has 1 aromatic carbocycles. The molecule has 9 heteroatoms. The second kappa shape index (κ2) is 12.4.